The molecule has 0 aromatic heterocycles. The summed E-state index contributed by atoms with van der Waals surface area (Å²) in [5.41, 5.74) is -0.779. The fraction of sp³-hybridized carbons (Fsp3) is 0. The van der Waals surface area contributed by atoms with E-state index in [0.29, 0.717) is 12.1 Å². The summed E-state index contributed by atoms with van der Waals surface area (Å²) in [6, 6.07) is 4.32. The second-order valence-electron chi connectivity index (χ2n) is 3.83. The summed E-state index contributed by atoms with van der Waals surface area (Å²) in [5.74, 6) is -5.41. The summed E-state index contributed by atoms with van der Waals surface area (Å²) in [5, 5.41) is 2.19. The van der Waals surface area contributed by atoms with Crippen LogP contribution >= 0.6 is 15.9 Å². The molecule has 2 nitrogen and oxygen atoms in total. The van der Waals surface area contributed by atoms with E-state index < -0.39 is 34.7 Å². The van der Waals surface area contributed by atoms with Gasteiger partial charge in [-0.15, -0.1) is 0 Å². The van der Waals surface area contributed by atoms with Crippen LogP contribution in [0.2, 0.25) is 0 Å². The Hall–Kier alpha value is -1.89. The lowest BCUT2D eigenvalue weighted by Crippen LogP contribution is -2.16. The molecule has 0 aliphatic rings. The van der Waals surface area contributed by atoms with Gasteiger partial charge in [0, 0.05) is 17.8 Å². The van der Waals surface area contributed by atoms with Crippen molar-refractivity contribution in [3.05, 3.63) is 63.6 Å². The van der Waals surface area contributed by atoms with Gasteiger partial charge in [0.15, 0.2) is 0 Å². The summed E-state index contributed by atoms with van der Waals surface area (Å²) >= 11 is 2.91. The largest absolute Gasteiger partial charge is 0.322 e. The van der Waals surface area contributed by atoms with Crippen LogP contribution in [-0.2, 0) is 0 Å². The third-order valence-electron chi connectivity index (χ3n) is 2.41. The Balaban J connectivity index is 2.31. The predicted octanol–water partition coefficient (Wildman–Crippen LogP) is 4.26. The zero-order valence-corrected chi connectivity index (χ0v) is 11.3. The quantitative estimate of drug-likeness (QED) is 0.808. The molecule has 0 spiro atoms. The Kier molecular flexibility index (Phi) is 4.08. The van der Waals surface area contributed by atoms with Crippen molar-refractivity contribution in [1.29, 1.82) is 0 Å². The minimum absolute atomic E-state index is 0.0790. The van der Waals surface area contributed by atoms with Crippen molar-refractivity contribution in [3.8, 4) is 0 Å². The van der Waals surface area contributed by atoms with Gasteiger partial charge in [-0.3, -0.25) is 4.79 Å². The molecule has 2 rings (SSSR count). The molecule has 104 valence electrons. The van der Waals surface area contributed by atoms with Crippen molar-refractivity contribution >= 4 is 27.5 Å². The molecule has 0 aliphatic heterocycles. The number of nitrogens with one attached hydrogen (secondary N) is 1. The summed E-state index contributed by atoms with van der Waals surface area (Å²) < 4.78 is 52.6. The summed E-state index contributed by atoms with van der Waals surface area (Å²) in [6.07, 6.45) is 0. The van der Waals surface area contributed by atoms with E-state index in [1.807, 2.05) is 0 Å². The normalized spacial score (nSPS) is 10.4. The predicted molar refractivity (Wildman–Crippen MR) is 68.4 cm³/mol. The Morgan fingerprint density at radius 3 is 2.10 bits per heavy atom. The van der Waals surface area contributed by atoms with Gasteiger partial charge in [-0.05, 0) is 34.1 Å². The van der Waals surface area contributed by atoms with E-state index in [0.717, 1.165) is 6.07 Å². The molecule has 0 saturated carbocycles. The van der Waals surface area contributed by atoms with Crippen LogP contribution in [0, 0.1) is 23.3 Å². The Morgan fingerprint density at radius 2 is 1.55 bits per heavy atom. The van der Waals surface area contributed by atoms with Crippen LogP contribution in [0.5, 0.6) is 0 Å². The molecule has 2 aromatic carbocycles. The van der Waals surface area contributed by atoms with Gasteiger partial charge >= 0.3 is 0 Å². The van der Waals surface area contributed by atoms with Gasteiger partial charge in [0.05, 0.1) is 4.47 Å². The SMILES string of the molecule is O=C(Nc1ccc(F)c(Br)c1)c1c(F)cc(F)cc1F. The molecule has 0 aliphatic carbocycles. The highest BCUT2D eigenvalue weighted by atomic mass is 79.9. The first kappa shape index (κ1) is 14.5. The van der Waals surface area contributed by atoms with Crippen molar-refractivity contribution in [2.24, 2.45) is 0 Å². The highest BCUT2D eigenvalue weighted by Crippen LogP contribution is 2.22. The van der Waals surface area contributed by atoms with Crippen molar-refractivity contribution in [1.82, 2.24) is 0 Å². The Bertz CT molecular complexity index is 667. The molecule has 7 heteroatoms. The van der Waals surface area contributed by atoms with Crippen molar-refractivity contribution in [3.63, 3.8) is 0 Å². The number of rotatable bonds is 2. The maximum absolute atomic E-state index is 13.4. The number of hydrogen-bond donors (Lipinski definition) is 1. The maximum atomic E-state index is 13.4. The lowest BCUT2D eigenvalue weighted by Gasteiger charge is -2.08. The lowest BCUT2D eigenvalue weighted by atomic mass is 10.1. The zero-order valence-electron chi connectivity index (χ0n) is 9.68. The molecule has 20 heavy (non-hydrogen) atoms. The van der Waals surface area contributed by atoms with Gasteiger partial charge in [0.25, 0.3) is 5.91 Å². The van der Waals surface area contributed by atoms with E-state index in [4.69, 9.17) is 0 Å². The Morgan fingerprint density at radius 1 is 0.950 bits per heavy atom. The summed E-state index contributed by atoms with van der Waals surface area (Å²) in [4.78, 5) is 11.7. The van der Waals surface area contributed by atoms with Crippen LogP contribution in [0.4, 0.5) is 23.2 Å². The fourth-order valence-electron chi connectivity index (χ4n) is 1.53. The molecule has 0 unspecified atom stereocenters. The highest BCUT2D eigenvalue weighted by molar-refractivity contribution is 9.10. The van der Waals surface area contributed by atoms with Gasteiger partial charge in [-0.2, -0.15) is 0 Å². The number of halogens is 5. The van der Waals surface area contributed by atoms with Crippen LogP contribution in [0.25, 0.3) is 0 Å². The first-order chi connectivity index (χ1) is 9.38. The number of amides is 1. The minimum Gasteiger partial charge on any atom is -0.322 e. The minimum atomic E-state index is -1.32. The van der Waals surface area contributed by atoms with Crippen LogP contribution < -0.4 is 5.32 Å². The number of hydrogen-bond acceptors (Lipinski definition) is 1. The summed E-state index contributed by atoms with van der Waals surface area (Å²) in [6.45, 7) is 0. The van der Waals surface area contributed by atoms with Crippen molar-refractivity contribution in [2.45, 2.75) is 0 Å². The van der Waals surface area contributed by atoms with Gasteiger partial charge in [-0.25, -0.2) is 17.6 Å². The van der Waals surface area contributed by atoms with E-state index >= 15 is 0 Å². The van der Waals surface area contributed by atoms with Crippen LogP contribution in [0.1, 0.15) is 10.4 Å². The molecular formula is C13H6BrF4NO. The molecule has 1 amide bonds. The molecule has 0 fully saturated rings. The maximum Gasteiger partial charge on any atom is 0.261 e. The third-order valence-corrected chi connectivity index (χ3v) is 3.02. The van der Waals surface area contributed by atoms with Gasteiger partial charge in [0.2, 0.25) is 0 Å². The van der Waals surface area contributed by atoms with Crippen molar-refractivity contribution < 1.29 is 22.4 Å². The number of anilines is 1. The van der Waals surface area contributed by atoms with Crippen LogP contribution in [0.3, 0.4) is 0 Å². The third kappa shape index (κ3) is 2.98. The molecule has 2 aromatic rings. The monoisotopic (exact) mass is 347 g/mol. The fourth-order valence-corrected chi connectivity index (χ4v) is 1.91. The lowest BCUT2D eigenvalue weighted by molar-refractivity contribution is 0.101. The van der Waals surface area contributed by atoms with Crippen LogP contribution in [-0.4, -0.2) is 5.91 Å². The van der Waals surface area contributed by atoms with E-state index in [1.54, 1.807) is 0 Å². The van der Waals surface area contributed by atoms with Crippen LogP contribution in [0.15, 0.2) is 34.8 Å². The molecule has 1 N–H and O–H groups in total. The van der Waals surface area contributed by atoms with E-state index in [-0.39, 0.29) is 10.2 Å². The second kappa shape index (κ2) is 5.62. The zero-order chi connectivity index (χ0) is 14.9. The topological polar surface area (TPSA) is 29.1 Å². The van der Waals surface area contributed by atoms with Crippen molar-refractivity contribution in [2.75, 3.05) is 5.32 Å². The average Bonchev–Trinajstić information content (AvgIpc) is 2.32. The van der Waals surface area contributed by atoms with Gasteiger partial charge in [-0.1, -0.05) is 0 Å². The number of carbonyl (C=O) groups is 1. The summed E-state index contributed by atoms with van der Waals surface area (Å²) in [7, 11) is 0. The van der Waals surface area contributed by atoms with E-state index in [9.17, 15) is 22.4 Å². The first-order valence-corrected chi connectivity index (χ1v) is 6.08. The van der Waals surface area contributed by atoms with E-state index in [2.05, 4.69) is 21.2 Å². The first-order valence-electron chi connectivity index (χ1n) is 5.29. The Labute approximate surface area is 119 Å². The standard InChI is InChI=1S/C13H6BrF4NO/c14-8-5-7(1-2-9(8)16)19-13(20)12-10(17)3-6(15)4-11(12)18/h1-5H,(H,19,20). The molecular weight excluding hydrogens is 342 g/mol. The number of carbonyl (C=O) groups excluding carboxylic acids is 1. The van der Waals surface area contributed by atoms with Gasteiger partial charge in [0.1, 0.15) is 28.8 Å². The van der Waals surface area contributed by atoms with Gasteiger partial charge < -0.3 is 5.32 Å². The smallest absolute Gasteiger partial charge is 0.261 e. The number of benzene rings is 2. The molecule has 0 saturated heterocycles. The molecule has 0 radical (unpaired) electrons. The van der Waals surface area contributed by atoms with E-state index in [1.165, 1.54) is 12.1 Å². The average molecular weight is 348 g/mol. The second-order valence-corrected chi connectivity index (χ2v) is 4.68. The molecule has 0 atom stereocenters. The molecule has 0 heterocycles. The highest BCUT2D eigenvalue weighted by Gasteiger charge is 2.19. The molecule has 0 bridgehead atoms.